The lowest BCUT2D eigenvalue weighted by atomic mass is 10.0. The Morgan fingerprint density at radius 2 is 1.79 bits per heavy atom. The fraction of sp³-hybridized carbons (Fsp3) is 0.296. The van der Waals surface area contributed by atoms with E-state index in [1.165, 1.54) is 23.5 Å². The molecule has 1 aliphatic rings. The van der Waals surface area contributed by atoms with Crippen LogP contribution in [-0.2, 0) is 4.79 Å². The van der Waals surface area contributed by atoms with Crippen molar-refractivity contribution >= 4 is 40.5 Å². The van der Waals surface area contributed by atoms with Crippen molar-refractivity contribution < 1.29 is 24.4 Å². The van der Waals surface area contributed by atoms with E-state index in [1.807, 2.05) is 36.9 Å². The van der Waals surface area contributed by atoms with E-state index in [4.69, 9.17) is 0 Å². The average molecular weight is 537 g/mol. The predicted molar refractivity (Wildman–Crippen MR) is 144 cm³/mol. The second-order valence-electron chi connectivity index (χ2n) is 9.27. The first-order chi connectivity index (χ1) is 18.2. The second kappa shape index (κ2) is 11.4. The third kappa shape index (κ3) is 5.83. The SMILES string of the molecule is CC1CN(c2ccc(C(=O)NC(CC(=O)O)c3cccs3)cc2[N+](=O)[O-])C(C)CN1C(=O)c1ccccc1. The highest BCUT2D eigenvalue weighted by atomic mass is 32.1. The van der Waals surface area contributed by atoms with Crippen LogP contribution >= 0.6 is 11.3 Å². The van der Waals surface area contributed by atoms with Gasteiger partial charge in [-0.1, -0.05) is 24.3 Å². The summed E-state index contributed by atoms with van der Waals surface area (Å²) in [7, 11) is 0. The zero-order chi connectivity index (χ0) is 27.4. The molecule has 0 bridgehead atoms. The zero-order valence-corrected chi connectivity index (χ0v) is 21.8. The number of carbonyl (C=O) groups is 3. The number of nitrogens with zero attached hydrogens (tertiary/aromatic N) is 3. The van der Waals surface area contributed by atoms with Gasteiger partial charge in [-0.15, -0.1) is 11.3 Å². The lowest BCUT2D eigenvalue weighted by molar-refractivity contribution is -0.384. The highest BCUT2D eigenvalue weighted by Gasteiger charge is 2.35. The van der Waals surface area contributed by atoms with Gasteiger partial charge in [-0.3, -0.25) is 24.5 Å². The number of hydrogen-bond acceptors (Lipinski definition) is 7. The quantitative estimate of drug-likeness (QED) is 0.323. The molecule has 0 saturated carbocycles. The van der Waals surface area contributed by atoms with E-state index in [9.17, 15) is 29.6 Å². The maximum Gasteiger partial charge on any atom is 0.305 e. The number of aliphatic carboxylic acids is 1. The number of carboxylic acids is 1. The molecule has 0 spiro atoms. The second-order valence-corrected chi connectivity index (χ2v) is 10.3. The van der Waals surface area contributed by atoms with Crippen LogP contribution in [0.15, 0.2) is 66.0 Å². The van der Waals surface area contributed by atoms with Gasteiger partial charge in [0.15, 0.2) is 0 Å². The standard InChI is InChI=1S/C27H28N4O6S/c1-17-16-30(27(35)19-7-4-3-5-8-19)18(2)15-29(17)22-11-10-20(13-23(22)31(36)37)26(34)28-21(14-25(32)33)24-9-6-12-38-24/h3-13,17-18,21H,14-16H2,1-2H3,(H,28,34)(H,32,33). The van der Waals surface area contributed by atoms with Crippen molar-refractivity contribution in [1.29, 1.82) is 0 Å². The van der Waals surface area contributed by atoms with Crippen LogP contribution in [0.1, 0.15) is 51.9 Å². The van der Waals surface area contributed by atoms with Gasteiger partial charge < -0.3 is 20.2 Å². The van der Waals surface area contributed by atoms with Crippen molar-refractivity contribution in [2.75, 3.05) is 18.0 Å². The first kappa shape index (κ1) is 26.8. The fourth-order valence-electron chi connectivity index (χ4n) is 4.67. The number of carbonyl (C=O) groups excluding carboxylic acids is 2. The number of rotatable bonds is 8. The predicted octanol–water partition coefficient (Wildman–Crippen LogP) is 4.34. The summed E-state index contributed by atoms with van der Waals surface area (Å²) in [5, 5.41) is 25.8. The third-order valence-corrected chi connectivity index (χ3v) is 7.57. The minimum Gasteiger partial charge on any atom is -0.481 e. The van der Waals surface area contributed by atoms with Crippen LogP contribution in [0.25, 0.3) is 0 Å². The minimum absolute atomic E-state index is 0.0611. The number of nitro benzene ring substituents is 1. The van der Waals surface area contributed by atoms with Gasteiger partial charge in [0.1, 0.15) is 5.69 Å². The molecule has 0 aliphatic carbocycles. The van der Waals surface area contributed by atoms with Gasteiger partial charge in [-0.2, -0.15) is 0 Å². The van der Waals surface area contributed by atoms with Gasteiger partial charge in [0.05, 0.1) is 17.4 Å². The molecule has 3 aromatic rings. The molecule has 2 heterocycles. The van der Waals surface area contributed by atoms with Crippen LogP contribution in [0, 0.1) is 10.1 Å². The van der Waals surface area contributed by atoms with E-state index >= 15 is 0 Å². The highest BCUT2D eigenvalue weighted by molar-refractivity contribution is 7.10. The smallest absolute Gasteiger partial charge is 0.305 e. The number of piperazine rings is 1. The van der Waals surface area contributed by atoms with E-state index in [-0.39, 0.29) is 35.7 Å². The summed E-state index contributed by atoms with van der Waals surface area (Å²) in [6.45, 7) is 4.57. The first-order valence-corrected chi connectivity index (χ1v) is 13.0. The summed E-state index contributed by atoms with van der Waals surface area (Å²) in [5.74, 6) is -1.76. The Labute approximate surface area is 223 Å². The van der Waals surface area contributed by atoms with Gasteiger partial charge >= 0.3 is 5.97 Å². The summed E-state index contributed by atoms with van der Waals surface area (Å²) in [5.41, 5.74) is 0.777. The maximum absolute atomic E-state index is 13.1. The average Bonchev–Trinajstić information content (AvgIpc) is 3.44. The van der Waals surface area contributed by atoms with Gasteiger partial charge in [0.25, 0.3) is 17.5 Å². The topological polar surface area (TPSA) is 133 Å². The van der Waals surface area contributed by atoms with Crippen LogP contribution < -0.4 is 10.2 Å². The largest absolute Gasteiger partial charge is 0.481 e. The van der Waals surface area contributed by atoms with Gasteiger partial charge in [-0.05, 0) is 49.6 Å². The zero-order valence-electron chi connectivity index (χ0n) is 20.9. The Balaban J connectivity index is 1.55. The van der Waals surface area contributed by atoms with Crippen molar-refractivity contribution in [2.24, 2.45) is 0 Å². The third-order valence-electron chi connectivity index (χ3n) is 6.58. The number of thiophene rings is 1. The van der Waals surface area contributed by atoms with Crippen LogP contribution in [0.2, 0.25) is 0 Å². The molecule has 1 saturated heterocycles. The molecule has 2 aromatic carbocycles. The molecule has 3 unspecified atom stereocenters. The summed E-state index contributed by atoms with van der Waals surface area (Å²) in [6.07, 6.45) is -0.312. The molecular weight excluding hydrogens is 508 g/mol. The number of benzene rings is 2. The molecule has 0 radical (unpaired) electrons. The van der Waals surface area contributed by atoms with Crippen molar-refractivity contribution in [3.8, 4) is 0 Å². The van der Waals surface area contributed by atoms with Gasteiger partial charge in [0.2, 0.25) is 0 Å². The number of nitrogens with one attached hydrogen (secondary N) is 1. The molecule has 4 rings (SSSR count). The van der Waals surface area contributed by atoms with Crippen molar-refractivity contribution in [2.45, 2.75) is 38.4 Å². The Morgan fingerprint density at radius 1 is 1.05 bits per heavy atom. The molecule has 10 nitrogen and oxygen atoms in total. The molecule has 1 aliphatic heterocycles. The molecule has 11 heteroatoms. The van der Waals surface area contributed by atoms with Crippen molar-refractivity contribution in [3.63, 3.8) is 0 Å². The monoisotopic (exact) mass is 536 g/mol. The summed E-state index contributed by atoms with van der Waals surface area (Å²) in [4.78, 5) is 53.2. The van der Waals surface area contributed by atoms with E-state index in [0.29, 0.717) is 29.2 Å². The number of carboxylic acid groups (broad SMARTS) is 1. The van der Waals surface area contributed by atoms with Crippen LogP contribution in [0.4, 0.5) is 11.4 Å². The molecule has 3 atom stereocenters. The molecule has 38 heavy (non-hydrogen) atoms. The molecule has 1 aromatic heterocycles. The van der Waals surface area contributed by atoms with Crippen LogP contribution in [0.5, 0.6) is 0 Å². The molecule has 2 amide bonds. The van der Waals surface area contributed by atoms with Gasteiger partial charge in [-0.25, -0.2) is 0 Å². The molecule has 2 N–H and O–H groups in total. The van der Waals surface area contributed by atoms with E-state index in [1.54, 1.807) is 40.6 Å². The number of amides is 2. The summed E-state index contributed by atoms with van der Waals surface area (Å²) >= 11 is 1.32. The van der Waals surface area contributed by atoms with E-state index in [2.05, 4.69) is 5.32 Å². The lowest BCUT2D eigenvalue weighted by Crippen LogP contribution is -2.58. The van der Waals surface area contributed by atoms with E-state index < -0.39 is 22.8 Å². The molecule has 1 fully saturated rings. The Morgan fingerprint density at radius 3 is 2.42 bits per heavy atom. The van der Waals surface area contributed by atoms with Crippen LogP contribution in [-0.4, -0.2) is 57.9 Å². The van der Waals surface area contributed by atoms with Crippen molar-refractivity contribution in [3.05, 3.63) is 92.2 Å². The Kier molecular flexibility index (Phi) is 8.06. The lowest BCUT2D eigenvalue weighted by Gasteiger charge is -2.45. The van der Waals surface area contributed by atoms with E-state index in [0.717, 1.165) is 0 Å². The van der Waals surface area contributed by atoms with Gasteiger partial charge in [0, 0.05) is 47.2 Å². The molecule has 198 valence electrons. The summed E-state index contributed by atoms with van der Waals surface area (Å²) in [6, 6.07) is 15.6. The minimum atomic E-state index is -1.07. The number of hydrogen-bond donors (Lipinski definition) is 2. The van der Waals surface area contributed by atoms with Crippen molar-refractivity contribution in [1.82, 2.24) is 10.2 Å². The fourth-order valence-corrected chi connectivity index (χ4v) is 5.45. The number of nitro groups is 1. The Hall–Kier alpha value is -4.25. The Bertz CT molecular complexity index is 1330. The number of anilines is 1. The maximum atomic E-state index is 13.1. The molecular formula is C27H28N4O6S. The highest BCUT2D eigenvalue weighted by Crippen LogP contribution is 2.34. The summed E-state index contributed by atoms with van der Waals surface area (Å²) < 4.78 is 0. The van der Waals surface area contributed by atoms with Crippen LogP contribution in [0.3, 0.4) is 0 Å². The first-order valence-electron chi connectivity index (χ1n) is 12.1. The normalized spacial score (nSPS) is 18.1.